The second kappa shape index (κ2) is 10.6. The first-order valence-corrected chi connectivity index (χ1v) is 11.3. The second-order valence-corrected chi connectivity index (χ2v) is 8.07. The number of nitrogens with one attached hydrogen (secondary N) is 2. The number of hydrazone groups is 1. The van der Waals surface area contributed by atoms with Crippen molar-refractivity contribution in [3.05, 3.63) is 106 Å². The Morgan fingerprint density at radius 3 is 2.46 bits per heavy atom. The lowest BCUT2D eigenvalue weighted by Gasteiger charge is -2.09. The van der Waals surface area contributed by atoms with Crippen LogP contribution in [0.5, 0.6) is 0 Å². The lowest BCUT2D eigenvalue weighted by Crippen LogP contribution is -2.29. The van der Waals surface area contributed by atoms with Crippen molar-refractivity contribution in [1.82, 2.24) is 15.2 Å². The molecule has 176 valence electrons. The molecule has 0 fully saturated rings. The van der Waals surface area contributed by atoms with Gasteiger partial charge in [0.1, 0.15) is 0 Å². The van der Waals surface area contributed by atoms with Crippen LogP contribution in [0.25, 0.3) is 10.8 Å². The zero-order valence-electron chi connectivity index (χ0n) is 19.5. The predicted molar refractivity (Wildman–Crippen MR) is 137 cm³/mol. The third-order valence-corrected chi connectivity index (χ3v) is 5.36. The summed E-state index contributed by atoms with van der Waals surface area (Å²) in [5, 5.41) is 12.1. The maximum atomic E-state index is 12.9. The molecule has 0 radical (unpaired) electrons. The maximum Gasteiger partial charge on any atom is 0.292 e. The number of aromatic nitrogens is 2. The number of rotatable bonds is 7. The van der Waals surface area contributed by atoms with Crippen LogP contribution < -0.4 is 16.3 Å². The van der Waals surface area contributed by atoms with Crippen LogP contribution in [-0.2, 0) is 6.54 Å². The van der Waals surface area contributed by atoms with E-state index in [4.69, 9.17) is 0 Å². The molecule has 0 aliphatic carbocycles. The van der Waals surface area contributed by atoms with Gasteiger partial charge >= 0.3 is 0 Å². The minimum Gasteiger partial charge on any atom is -0.322 e. The molecule has 0 spiro atoms. The Kier molecular flexibility index (Phi) is 7.11. The fourth-order valence-electron chi connectivity index (χ4n) is 3.59. The fourth-order valence-corrected chi connectivity index (χ4v) is 3.59. The first kappa shape index (κ1) is 23.6. The molecule has 0 saturated carbocycles. The van der Waals surface area contributed by atoms with Crippen LogP contribution in [0, 0.1) is 6.92 Å². The molecule has 2 N–H and O–H groups in total. The lowest BCUT2D eigenvalue weighted by atomic mass is 10.1. The van der Waals surface area contributed by atoms with Crippen LogP contribution in [0.1, 0.15) is 45.3 Å². The van der Waals surface area contributed by atoms with E-state index in [1.54, 1.807) is 60.7 Å². The summed E-state index contributed by atoms with van der Waals surface area (Å²) in [4.78, 5) is 37.9. The molecule has 3 aromatic carbocycles. The van der Waals surface area contributed by atoms with Gasteiger partial charge in [-0.1, -0.05) is 55.0 Å². The van der Waals surface area contributed by atoms with Crippen molar-refractivity contribution in [3.8, 4) is 0 Å². The monoisotopic (exact) mass is 467 g/mol. The molecule has 0 bridgehead atoms. The van der Waals surface area contributed by atoms with Crippen LogP contribution >= 0.6 is 0 Å². The number of carbonyl (C=O) groups excluding carboxylic acids is 2. The van der Waals surface area contributed by atoms with Gasteiger partial charge in [-0.15, -0.1) is 0 Å². The van der Waals surface area contributed by atoms with Crippen LogP contribution in [-0.4, -0.2) is 27.8 Å². The lowest BCUT2D eigenvalue weighted by molar-refractivity contribution is 0.0948. The van der Waals surface area contributed by atoms with E-state index in [0.29, 0.717) is 40.6 Å². The van der Waals surface area contributed by atoms with E-state index in [2.05, 4.69) is 20.9 Å². The number of nitrogens with zero attached hydrogens (tertiary/aromatic N) is 3. The molecule has 1 aromatic heterocycles. The summed E-state index contributed by atoms with van der Waals surface area (Å²) in [6, 6.07) is 21.3. The van der Waals surface area contributed by atoms with Gasteiger partial charge in [0.2, 0.25) is 0 Å². The molecule has 2 amide bonds. The van der Waals surface area contributed by atoms with Crippen LogP contribution in [0.15, 0.2) is 82.7 Å². The van der Waals surface area contributed by atoms with E-state index in [9.17, 15) is 14.4 Å². The highest BCUT2D eigenvalue weighted by Crippen LogP contribution is 2.14. The van der Waals surface area contributed by atoms with Gasteiger partial charge in [0.15, 0.2) is 5.69 Å². The van der Waals surface area contributed by atoms with Gasteiger partial charge in [-0.25, -0.2) is 10.1 Å². The summed E-state index contributed by atoms with van der Waals surface area (Å²) >= 11 is 0. The van der Waals surface area contributed by atoms with Gasteiger partial charge in [0.25, 0.3) is 17.4 Å². The number of aryl methyl sites for hydroxylation is 2. The van der Waals surface area contributed by atoms with Gasteiger partial charge in [0.05, 0.1) is 11.6 Å². The summed E-state index contributed by atoms with van der Waals surface area (Å²) in [7, 11) is 0. The summed E-state index contributed by atoms with van der Waals surface area (Å²) in [5.41, 5.74) is 5.31. The van der Waals surface area contributed by atoms with E-state index in [1.807, 2.05) is 26.0 Å². The molecule has 0 aliphatic heterocycles. The largest absolute Gasteiger partial charge is 0.322 e. The molecule has 0 saturated heterocycles. The van der Waals surface area contributed by atoms with E-state index in [0.717, 1.165) is 5.56 Å². The van der Waals surface area contributed by atoms with E-state index >= 15 is 0 Å². The Labute approximate surface area is 202 Å². The summed E-state index contributed by atoms with van der Waals surface area (Å²) in [6.45, 7) is 4.31. The van der Waals surface area contributed by atoms with Crippen molar-refractivity contribution in [2.75, 3.05) is 5.32 Å². The number of benzene rings is 3. The molecule has 8 nitrogen and oxygen atoms in total. The summed E-state index contributed by atoms with van der Waals surface area (Å²) in [5.74, 6) is -0.737. The molecule has 4 aromatic rings. The van der Waals surface area contributed by atoms with Crippen molar-refractivity contribution in [3.63, 3.8) is 0 Å². The van der Waals surface area contributed by atoms with Crippen molar-refractivity contribution in [2.45, 2.75) is 26.8 Å². The Hall–Kier alpha value is -4.59. The first-order chi connectivity index (χ1) is 17.0. The van der Waals surface area contributed by atoms with Crippen molar-refractivity contribution >= 4 is 34.5 Å². The van der Waals surface area contributed by atoms with Crippen molar-refractivity contribution < 1.29 is 9.59 Å². The first-order valence-electron chi connectivity index (χ1n) is 11.3. The highest BCUT2D eigenvalue weighted by molar-refractivity contribution is 6.05. The van der Waals surface area contributed by atoms with Crippen LogP contribution in [0.3, 0.4) is 0 Å². The van der Waals surface area contributed by atoms with Gasteiger partial charge in [-0.05, 0) is 49.2 Å². The minimum absolute atomic E-state index is 0.130. The highest BCUT2D eigenvalue weighted by Gasteiger charge is 2.16. The van der Waals surface area contributed by atoms with Gasteiger partial charge < -0.3 is 5.32 Å². The number of amides is 2. The normalized spacial score (nSPS) is 11.0. The topological polar surface area (TPSA) is 105 Å². The Morgan fingerprint density at radius 1 is 0.971 bits per heavy atom. The summed E-state index contributed by atoms with van der Waals surface area (Å²) < 4.78 is 1.31. The smallest absolute Gasteiger partial charge is 0.292 e. The number of hydrogen-bond donors (Lipinski definition) is 2. The Balaban J connectivity index is 1.49. The maximum absolute atomic E-state index is 12.9. The molecule has 0 aliphatic rings. The van der Waals surface area contributed by atoms with E-state index in [-0.39, 0.29) is 17.2 Å². The Bertz CT molecular complexity index is 1470. The molecular weight excluding hydrogens is 442 g/mol. The third-order valence-electron chi connectivity index (χ3n) is 5.36. The third kappa shape index (κ3) is 5.50. The van der Waals surface area contributed by atoms with Crippen molar-refractivity contribution in [2.24, 2.45) is 5.10 Å². The Morgan fingerprint density at radius 2 is 1.71 bits per heavy atom. The highest BCUT2D eigenvalue weighted by atomic mass is 16.2. The average molecular weight is 468 g/mol. The molecular formula is C27H25N5O3. The van der Waals surface area contributed by atoms with E-state index in [1.165, 1.54) is 10.9 Å². The number of anilines is 1. The molecule has 4 rings (SSSR count). The standard InChI is InChI=1S/C27H25N5O3/c1-3-15-32-27(35)23-10-5-4-9-22(23)24(31-32)26(34)30-28-17-19-7-6-8-21(16-19)29-25(33)20-13-11-18(2)12-14-20/h4-14,16-17H,3,15H2,1-2H3,(H,29,33)(H,30,34)/b28-17+. The number of carbonyl (C=O) groups is 2. The second-order valence-electron chi connectivity index (χ2n) is 8.07. The zero-order chi connectivity index (χ0) is 24.8. The van der Waals surface area contributed by atoms with Gasteiger partial charge in [-0.2, -0.15) is 10.2 Å². The summed E-state index contributed by atoms with van der Waals surface area (Å²) in [6.07, 6.45) is 2.19. The fraction of sp³-hybridized carbons (Fsp3) is 0.148. The molecule has 35 heavy (non-hydrogen) atoms. The van der Waals surface area contributed by atoms with Crippen molar-refractivity contribution in [1.29, 1.82) is 0 Å². The molecule has 0 unspecified atom stereocenters. The number of hydrogen-bond acceptors (Lipinski definition) is 5. The van der Waals surface area contributed by atoms with Crippen LogP contribution in [0.4, 0.5) is 5.69 Å². The average Bonchev–Trinajstić information content (AvgIpc) is 2.86. The van der Waals surface area contributed by atoms with E-state index < -0.39 is 5.91 Å². The predicted octanol–water partition coefficient (Wildman–Crippen LogP) is 4.13. The SMILES string of the molecule is CCCn1nc(C(=O)N/N=C/c2cccc(NC(=O)c3ccc(C)cc3)c2)c2ccccc2c1=O. The zero-order valence-corrected chi connectivity index (χ0v) is 19.5. The van der Waals surface area contributed by atoms with Gasteiger partial charge in [-0.3, -0.25) is 14.4 Å². The molecule has 0 atom stereocenters. The van der Waals surface area contributed by atoms with Gasteiger partial charge in [0, 0.05) is 23.2 Å². The molecule has 1 heterocycles. The number of fused-ring (bicyclic) bond motifs is 1. The minimum atomic E-state index is -0.522. The van der Waals surface area contributed by atoms with Crippen LogP contribution in [0.2, 0.25) is 0 Å². The molecule has 8 heteroatoms. The quantitative estimate of drug-likeness (QED) is 0.315.